The molecule has 1 atom stereocenters. The molecule has 0 fully saturated rings. The summed E-state index contributed by atoms with van der Waals surface area (Å²) in [4.78, 5) is 0. The van der Waals surface area contributed by atoms with E-state index in [-0.39, 0.29) is 0 Å². The molecule has 15 heavy (non-hydrogen) atoms. The maximum absolute atomic E-state index is 12.0. The number of hydrogen-bond donors (Lipinski definition) is 0. The van der Waals surface area contributed by atoms with Gasteiger partial charge in [0.1, 0.15) is 0 Å². The topological polar surface area (TPSA) is 0 Å². The minimum atomic E-state index is -6.68. The first-order valence-corrected chi connectivity index (χ1v) is 3.00. The fourth-order valence-corrected chi connectivity index (χ4v) is 0.467. The third-order valence-corrected chi connectivity index (χ3v) is 1.27. The number of hydrogen-bond acceptors (Lipinski definition) is 0. The molecule has 0 N–H and O–H groups in total. The Bertz CT molecular complexity index is 214. The number of halogens is 10. The Morgan fingerprint density at radius 2 is 1.13 bits per heavy atom. The Kier molecular flexibility index (Phi) is 3.53. The molecule has 0 aromatic carbocycles. The van der Waals surface area contributed by atoms with Crippen LogP contribution >= 0.6 is 0 Å². The average molecular weight is 251 g/mol. The number of rotatable bonds is 3. The van der Waals surface area contributed by atoms with E-state index < -0.39 is 30.6 Å². The van der Waals surface area contributed by atoms with Crippen LogP contribution in [0.25, 0.3) is 0 Å². The minimum absolute atomic E-state index is 4.15. The first kappa shape index (κ1) is 14.3. The zero-order valence-corrected chi connectivity index (χ0v) is 6.36. The van der Waals surface area contributed by atoms with Crippen LogP contribution in [-0.2, 0) is 0 Å². The Balaban J connectivity index is 5.09. The maximum Gasteiger partial charge on any atom is 0.456 e. The molecular weight excluding hydrogens is 250 g/mol. The van der Waals surface area contributed by atoms with E-state index in [9.17, 15) is 43.9 Å². The lowest BCUT2D eigenvalue weighted by atomic mass is 10.1. The van der Waals surface area contributed by atoms with Gasteiger partial charge in [0.2, 0.25) is 6.17 Å². The highest BCUT2D eigenvalue weighted by Crippen LogP contribution is 2.47. The highest BCUT2D eigenvalue weighted by Gasteiger charge is 2.72. The van der Waals surface area contributed by atoms with Gasteiger partial charge in [-0.25, -0.2) is 4.39 Å². The lowest BCUT2D eigenvalue weighted by Crippen LogP contribution is -2.54. The highest BCUT2D eigenvalue weighted by molar-refractivity contribution is 5.00. The van der Waals surface area contributed by atoms with Gasteiger partial charge in [0.15, 0.2) is 0 Å². The van der Waals surface area contributed by atoms with Crippen molar-refractivity contribution in [1.82, 2.24) is 0 Å². The van der Waals surface area contributed by atoms with Gasteiger partial charge in [-0.15, -0.1) is 0 Å². The molecule has 0 aliphatic rings. The molecule has 0 nitrogen and oxygen atoms in total. The Hall–Kier alpha value is -0.700. The summed E-state index contributed by atoms with van der Waals surface area (Å²) in [5.41, 5.74) is 0. The molecule has 0 heterocycles. The summed E-state index contributed by atoms with van der Waals surface area (Å²) in [5, 5.41) is 0. The van der Waals surface area contributed by atoms with E-state index >= 15 is 0 Å². The molecule has 0 saturated heterocycles. The van der Waals surface area contributed by atoms with Crippen LogP contribution in [0.5, 0.6) is 0 Å². The molecule has 0 rings (SSSR count). The van der Waals surface area contributed by atoms with Crippen molar-refractivity contribution in [2.75, 3.05) is 0 Å². The predicted molar refractivity (Wildman–Crippen MR) is 26.3 cm³/mol. The molecule has 91 valence electrons. The third kappa shape index (κ3) is 2.46. The van der Waals surface area contributed by atoms with Crippen molar-refractivity contribution in [3.8, 4) is 0 Å². The van der Waals surface area contributed by atoms with Crippen LogP contribution in [-0.4, -0.2) is 24.2 Å². The largest absolute Gasteiger partial charge is 0.456 e. The fourth-order valence-electron chi connectivity index (χ4n) is 0.467. The molecule has 0 aliphatic carbocycles. The summed E-state index contributed by atoms with van der Waals surface area (Å²) >= 11 is 0. The summed E-state index contributed by atoms with van der Waals surface area (Å²) < 4.78 is 116. The average Bonchev–Trinajstić information content (AvgIpc) is 2.00. The summed E-state index contributed by atoms with van der Waals surface area (Å²) in [6, 6.07) is 0. The van der Waals surface area contributed by atoms with Gasteiger partial charge in [-0.05, 0) is 0 Å². The van der Waals surface area contributed by atoms with Crippen LogP contribution in [0, 0.1) is 6.43 Å². The highest BCUT2D eigenvalue weighted by atomic mass is 19.4. The second kappa shape index (κ2) is 3.71. The molecular formula is C5HF10. The van der Waals surface area contributed by atoms with Crippen molar-refractivity contribution >= 4 is 0 Å². The van der Waals surface area contributed by atoms with Gasteiger partial charge in [0.25, 0.3) is 0 Å². The van der Waals surface area contributed by atoms with E-state index in [2.05, 4.69) is 0 Å². The van der Waals surface area contributed by atoms with Gasteiger partial charge < -0.3 is 0 Å². The van der Waals surface area contributed by atoms with Crippen LogP contribution in [0.1, 0.15) is 0 Å². The van der Waals surface area contributed by atoms with Gasteiger partial charge in [-0.3, -0.25) is 0 Å². The second-order valence-corrected chi connectivity index (χ2v) is 2.37. The molecule has 0 amide bonds. The molecule has 0 aliphatic heterocycles. The van der Waals surface area contributed by atoms with Crippen LogP contribution in [0.3, 0.4) is 0 Å². The van der Waals surface area contributed by atoms with Crippen LogP contribution < -0.4 is 0 Å². The lowest BCUT2D eigenvalue weighted by molar-refractivity contribution is -0.330. The molecule has 0 saturated carbocycles. The van der Waals surface area contributed by atoms with Crippen LogP contribution in [0.2, 0.25) is 0 Å². The van der Waals surface area contributed by atoms with Crippen molar-refractivity contribution in [3.63, 3.8) is 0 Å². The van der Waals surface area contributed by atoms with Gasteiger partial charge in [0.05, 0.1) is 0 Å². The van der Waals surface area contributed by atoms with Gasteiger partial charge in [0, 0.05) is 0 Å². The summed E-state index contributed by atoms with van der Waals surface area (Å²) in [7, 11) is 0. The van der Waals surface area contributed by atoms with Crippen molar-refractivity contribution in [2.24, 2.45) is 0 Å². The van der Waals surface area contributed by atoms with E-state index in [1.54, 1.807) is 0 Å². The van der Waals surface area contributed by atoms with E-state index in [1.807, 2.05) is 0 Å². The lowest BCUT2D eigenvalue weighted by Gasteiger charge is -2.27. The van der Waals surface area contributed by atoms with Crippen molar-refractivity contribution in [2.45, 2.75) is 24.2 Å². The van der Waals surface area contributed by atoms with Gasteiger partial charge in [-0.1, -0.05) is 0 Å². The third-order valence-electron chi connectivity index (χ3n) is 1.27. The number of alkyl halides is 8. The van der Waals surface area contributed by atoms with Crippen LogP contribution in [0.15, 0.2) is 0 Å². The zero-order chi connectivity index (χ0) is 12.7. The van der Waals surface area contributed by atoms with Crippen LogP contribution in [0.4, 0.5) is 43.9 Å². The van der Waals surface area contributed by atoms with E-state index in [1.165, 1.54) is 0 Å². The Labute approximate surface area is 75.9 Å². The van der Waals surface area contributed by atoms with E-state index in [0.717, 1.165) is 0 Å². The summed E-state index contributed by atoms with van der Waals surface area (Å²) in [6.45, 7) is 0. The molecule has 0 aromatic heterocycles. The Morgan fingerprint density at radius 3 is 1.33 bits per heavy atom. The summed E-state index contributed by atoms with van der Waals surface area (Å²) in [6.07, 6.45) is -16.2. The molecule has 1 unspecified atom stereocenters. The quantitative estimate of drug-likeness (QED) is 0.672. The van der Waals surface area contributed by atoms with Gasteiger partial charge >= 0.3 is 24.4 Å². The predicted octanol–water partition coefficient (Wildman–Crippen LogP) is 3.59. The monoisotopic (exact) mass is 251 g/mol. The standard InChI is InChI=1S/C5HF10/c6-1(3(9,10)2(7)8)4(11,12)5(13,14)15/h1H. The summed E-state index contributed by atoms with van der Waals surface area (Å²) in [5.74, 6) is -12.7. The smallest absolute Gasteiger partial charge is 0.233 e. The molecule has 1 radical (unpaired) electrons. The molecule has 10 heteroatoms. The maximum atomic E-state index is 12.0. The molecule has 0 bridgehead atoms. The minimum Gasteiger partial charge on any atom is -0.233 e. The SMILES string of the molecule is F[C](F)C(F)(F)C(F)C(F)(F)C(F)(F)F. The van der Waals surface area contributed by atoms with Crippen molar-refractivity contribution < 1.29 is 43.9 Å². The molecule has 0 aromatic rings. The second-order valence-electron chi connectivity index (χ2n) is 2.37. The zero-order valence-electron chi connectivity index (χ0n) is 6.36. The van der Waals surface area contributed by atoms with Crippen molar-refractivity contribution in [3.05, 3.63) is 6.43 Å². The molecule has 0 spiro atoms. The first-order valence-electron chi connectivity index (χ1n) is 3.00. The van der Waals surface area contributed by atoms with E-state index in [0.29, 0.717) is 0 Å². The van der Waals surface area contributed by atoms with Crippen molar-refractivity contribution in [1.29, 1.82) is 0 Å². The normalized spacial score (nSPS) is 17.0. The Morgan fingerprint density at radius 1 is 0.800 bits per heavy atom. The fraction of sp³-hybridized carbons (Fsp3) is 0.800. The van der Waals surface area contributed by atoms with E-state index in [4.69, 9.17) is 0 Å². The first-order chi connectivity index (χ1) is 6.35. The van der Waals surface area contributed by atoms with Gasteiger partial charge in [-0.2, -0.15) is 39.5 Å².